The standard InChI is InChI=1S/C23H41NO4S/c1-21(2,3)28-20(25)23(6,7)17-22(4,5)16-10-9-11-18-12-14-19(15-13-18)29(8,24,26)27/h12-15H,9-11,16-17H2,1-8H3,(H3,24,26,27). The smallest absolute Gasteiger partial charge is 0.312 e. The third-order valence-electron chi connectivity index (χ3n) is 4.94. The number of hydrogen-bond donors (Lipinski definition) is 2. The lowest BCUT2D eigenvalue weighted by Gasteiger charge is -2.35. The number of carbonyl (C=O) groups is 1. The number of benzene rings is 1. The fourth-order valence-corrected chi connectivity index (χ4v) is 4.49. The van der Waals surface area contributed by atoms with E-state index in [0.29, 0.717) is 0 Å². The van der Waals surface area contributed by atoms with Gasteiger partial charge in [0.2, 0.25) is 0 Å². The molecule has 1 aromatic carbocycles. The predicted molar refractivity (Wildman–Crippen MR) is 121 cm³/mol. The van der Waals surface area contributed by atoms with Crippen LogP contribution in [0.15, 0.2) is 29.2 Å². The zero-order valence-corrected chi connectivity index (χ0v) is 20.3. The van der Waals surface area contributed by atoms with Gasteiger partial charge in [0.05, 0.1) is 10.3 Å². The zero-order chi connectivity index (χ0) is 22.8. The van der Waals surface area contributed by atoms with Crippen LogP contribution in [-0.2, 0) is 25.5 Å². The number of ether oxygens (including phenoxy) is 1. The SMILES string of the molecule is CC(C)(CCCCc1ccc(S(C)(N)(=O)O)cc1)CC(C)(C)C(=O)OC(C)(C)C. The van der Waals surface area contributed by atoms with Crippen LogP contribution in [0.5, 0.6) is 0 Å². The van der Waals surface area contributed by atoms with Gasteiger partial charge in [-0.2, -0.15) is 4.21 Å². The molecular weight excluding hydrogens is 386 g/mol. The van der Waals surface area contributed by atoms with Gasteiger partial charge in [-0.1, -0.05) is 32.4 Å². The van der Waals surface area contributed by atoms with Crippen LogP contribution in [0, 0.1) is 10.8 Å². The molecule has 5 nitrogen and oxygen atoms in total. The second-order valence-electron chi connectivity index (χ2n) is 10.9. The van der Waals surface area contributed by atoms with Gasteiger partial charge < -0.3 is 4.74 Å². The molecule has 168 valence electrons. The maximum Gasteiger partial charge on any atom is 0.312 e. The van der Waals surface area contributed by atoms with Gasteiger partial charge in [0.25, 0.3) is 0 Å². The van der Waals surface area contributed by atoms with Crippen molar-refractivity contribution in [3.8, 4) is 0 Å². The predicted octanol–water partition coefficient (Wildman–Crippen LogP) is 5.34. The third-order valence-corrected chi connectivity index (χ3v) is 6.36. The summed E-state index contributed by atoms with van der Waals surface area (Å²) in [5.41, 5.74) is 0.154. The molecule has 0 aliphatic heterocycles. The molecule has 0 aliphatic carbocycles. The molecule has 0 heterocycles. The van der Waals surface area contributed by atoms with Gasteiger partial charge in [-0.15, -0.1) is 9.53 Å². The van der Waals surface area contributed by atoms with Crippen molar-refractivity contribution in [2.45, 2.75) is 91.1 Å². The number of carbonyl (C=O) groups excluding carboxylic acids is 1. The van der Waals surface area contributed by atoms with E-state index >= 15 is 0 Å². The summed E-state index contributed by atoms with van der Waals surface area (Å²) in [5.74, 6) is -0.145. The monoisotopic (exact) mass is 427 g/mol. The van der Waals surface area contributed by atoms with Crippen LogP contribution in [0.2, 0.25) is 0 Å². The second kappa shape index (κ2) is 8.48. The lowest BCUT2D eigenvalue weighted by molar-refractivity contribution is -0.167. The summed E-state index contributed by atoms with van der Waals surface area (Å²) < 4.78 is 27.4. The summed E-state index contributed by atoms with van der Waals surface area (Å²) in [7, 11) is -4.17. The first-order chi connectivity index (χ1) is 12.8. The molecule has 0 radical (unpaired) electrons. The first kappa shape index (κ1) is 25.8. The Kier molecular flexibility index (Phi) is 7.54. The van der Waals surface area contributed by atoms with E-state index in [1.54, 1.807) is 12.1 Å². The molecule has 0 unspecified atom stereocenters. The van der Waals surface area contributed by atoms with E-state index in [4.69, 9.17) is 9.88 Å². The summed E-state index contributed by atoms with van der Waals surface area (Å²) in [6, 6.07) is 7.01. The number of aryl methyl sites for hydroxylation is 1. The van der Waals surface area contributed by atoms with E-state index in [9.17, 15) is 13.6 Å². The number of nitrogens with two attached hydrogens (primary N) is 1. The molecule has 0 fully saturated rings. The minimum absolute atomic E-state index is 0.0296. The molecule has 0 amide bonds. The Morgan fingerprint density at radius 2 is 1.55 bits per heavy atom. The maximum atomic E-state index is 12.5. The van der Waals surface area contributed by atoms with Crippen molar-refractivity contribution >= 4 is 15.5 Å². The number of esters is 1. The molecule has 0 aliphatic rings. The highest BCUT2D eigenvalue weighted by Crippen LogP contribution is 2.39. The summed E-state index contributed by atoms with van der Waals surface area (Å²) in [6.45, 7) is 14.0. The van der Waals surface area contributed by atoms with Crippen molar-refractivity contribution in [2.24, 2.45) is 16.0 Å². The van der Waals surface area contributed by atoms with Crippen LogP contribution < -0.4 is 5.14 Å². The fraction of sp³-hybridized carbons (Fsp3) is 0.696. The Morgan fingerprint density at radius 3 is 2.00 bits per heavy atom. The van der Waals surface area contributed by atoms with E-state index in [0.717, 1.165) is 43.9 Å². The van der Waals surface area contributed by atoms with Crippen molar-refractivity contribution < 1.29 is 18.3 Å². The van der Waals surface area contributed by atoms with Gasteiger partial charge in [-0.3, -0.25) is 9.35 Å². The lowest BCUT2D eigenvalue weighted by Crippen LogP contribution is -2.40. The van der Waals surface area contributed by atoms with Crippen LogP contribution >= 0.6 is 0 Å². The van der Waals surface area contributed by atoms with E-state index in [-0.39, 0.29) is 16.3 Å². The third kappa shape index (κ3) is 9.41. The highest BCUT2D eigenvalue weighted by Gasteiger charge is 2.37. The molecular formula is C23H41NO4S. The summed E-state index contributed by atoms with van der Waals surface area (Å²) in [4.78, 5) is 12.8. The Bertz CT molecular complexity index is 756. The van der Waals surface area contributed by atoms with Crippen LogP contribution in [0.3, 0.4) is 0 Å². The summed E-state index contributed by atoms with van der Waals surface area (Å²) in [5, 5.41) is 5.50. The molecule has 6 heteroatoms. The van der Waals surface area contributed by atoms with Crippen LogP contribution in [0.4, 0.5) is 0 Å². The molecule has 0 saturated heterocycles. The quantitative estimate of drug-likeness (QED) is 0.411. The zero-order valence-electron chi connectivity index (χ0n) is 19.5. The van der Waals surface area contributed by atoms with Gasteiger partial charge >= 0.3 is 5.97 Å². The molecule has 1 aromatic rings. The molecule has 0 atom stereocenters. The molecule has 1 rings (SSSR count). The van der Waals surface area contributed by atoms with Crippen molar-refractivity contribution in [3.05, 3.63) is 29.8 Å². The topological polar surface area (TPSA) is 89.6 Å². The molecule has 3 N–H and O–H groups in total. The molecule has 0 spiro atoms. The number of hydrogen-bond acceptors (Lipinski definition) is 3. The highest BCUT2D eigenvalue weighted by atomic mass is 32.3. The Morgan fingerprint density at radius 1 is 1.03 bits per heavy atom. The average Bonchev–Trinajstić information content (AvgIpc) is 2.47. The van der Waals surface area contributed by atoms with Crippen molar-refractivity contribution in [1.29, 1.82) is 0 Å². The minimum Gasteiger partial charge on any atom is -0.460 e. The number of unbranched alkanes of at least 4 members (excludes halogenated alkanes) is 1. The molecule has 0 saturated carbocycles. The average molecular weight is 428 g/mol. The lowest BCUT2D eigenvalue weighted by atomic mass is 9.72. The van der Waals surface area contributed by atoms with E-state index < -0.39 is 20.5 Å². The highest BCUT2D eigenvalue weighted by molar-refractivity contribution is 8.12. The molecule has 0 bridgehead atoms. The van der Waals surface area contributed by atoms with Gasteiger partial charge in [0.15, 0.2) is 0 Å². The largest absolute Gasteiger partial charge is 0.460 e. The first-order valence-corrected chi connectivity index (χ1v) is 12.7. The number of rotatable bonds is 9. The van der Waals surface area contributed by atoms with Crippen LogP contribution in [0.1, 0.15) is 79.7 Å². The van der Waals surface area contributed by atoms with Gasteiger partial charge in [-0.05, 0) is 83.4 Å². The van der Waals surface area contributed by atoms with Crippen LogP contribution in [-0.4, -0.2) is 26.6 Å². The molecule has 0 aromatic heterocycles. The van der Waals surface area contributed by atoms with E-state index in [1.165, 1.54) is 0 Å². The van der Waals surface area contributed by atoms with E-state index in [2.05, 4.69) is 13.8 Å². The van der Waals surface area contributed by atoms with Gasteiger partial charge in [-0.25, -0.2) is 5.14 Å². The van der Waals surface area contributed by atoms with Gasteiger partial charge in [0.1, 0.15) is 5.60 Å². The second-order valence-corrected chi connectivity index (χ2v) is 14.1. The Hall–Kier alpha value is -1.24. The van der Waals surface area contributed by atoms with E-state index in [1.807, 2.05) is 46.8 Å². The van der Waals surface area contributed by atoms with Gasteiger partial charge in [0, 0.05) is 6.26 Å². The van der Waals surface area contributed by atoms with Crippen molar-refractivity contribution in [3.63, 3.8) is 0 Å². The fourth-order valence-electron chi connectivity index (χ4n) is 3.69. The first-order valence-electron chi connectivity index (χ1n) is 10.3. The minimum atomic E-state index is -4.17. The van der Waals surface area contributed by atoms with Crippen molar-refractivity contribution in [1.82, 2.24) is 0 Å². The maximum absolute atomic E-state index is 12.5. The Balaban J connectivity index is 2.54. The Labute approximate surface area is 177 Å². The normalized spacial score (nSPS) is 14.9. The summed E-state index contributed by atoms with van der Waals surface area (Å²) in [6.07, 6.45) is 5.90. The van der Waals surface area contributed by atoms with Crippen molar-refractivity contribution in [2.75, 3.05) is 6.26 Å². The molecule has 29 heavy (non-hydrogen) atoms. The van der Waals surface area contributed by atoms with Crippen LogP contribution in [0.25, 0.3) is 0 Å². The summed E-state index contributed by atoms with van der Waals surface area (Å²) >= 11 is 0.